The SMILES string of the molecule is COc1cccc(-c2nc(CSc3nnc(N4CCOCC4)n3-c3ccc(C)cc3)cs2)c1. The van der Waals surface area contributed by atoms with Crippen molar-refractivity contribution in [2.24, 2.45) is 0 Å². The van der Waals surface area contributed by atoms with Gasteiger partial charge in [0.15, 0.2) is 5.16 Å². The molecule has 2 aromatic carbocycles. The molecule has 33 heavy (non-hydrogen) atoms. The standard InChI is InChI=1S/C24H25N5O2S2/c1-17-6-8-20(9-7-17)29-23(28-10-12-31-13-11-28)26-27-24(29)33-16-19-15-32-22(25-19)18-4-3-5-21(14-18)30-2/h3-9,14-15H,10-13,16H2,1-2H3. The highest BCUT2D eigenvalue weighted by molar-refractivity contribution is 7.98. The normalized spacial score (nSPS) is 13.9. The van der Waals surface area contributed by atoms with Crippen LogP contribution in [-0.4, -0.2) is 53.2 Å². The van der Waals surface area contributed by atoms with Crippen LogP contribution in [0.1, 0.15) is 11.3 Å². The number of benzene rings is 2. The van der Waals surface area contributed by atoms with E-state index < -0.39 is 0 Å². The molecule has 9 heteroatoms. The van der Waals surface area contributed by atoms with Crippen LogP contribution in [0.3, 0.4) is 0 Å². The fraction of sp³-hybridized carbons (Fsp3) is 0.292. The van der Waals surface area contributed by atoms with E-state index in [4.69, 9.17) is 14.5 Å². The summed E-state index contributed by atoms with van der Waals surface area (Å²) in [5.74, 6) is 2.41. The summed E-state index contributed by atoms with van der Waals surface area (Å²) < 4.78 is 13.0. The fourth-order valence-electron chi connectivity index (χ4n) is 3.64. The van der Waals surface area contributed by atoms with E-state index in [1.807, 2.05) is 18.2 Å². The first-order valence-electron chi connectivity index (χ1n) is 10.8. The van der Waals surface area contributed by atoms with Gasteiger partial charge in [0.2, 0.25) is 5.95 Å². The number of anilines is 1. The Morgan fingerprint density at radius 1 is 1.09 bits per heavy atom. The van der Waals surface area contributed by atoms with Crippen molar-refractivity contribution in [1.82, 2.24) is 19.7 Å². The highest BCUT2D eigenvalue weighted by Gasteiger charge is 2.22. The van der Waals surface area contributed by atoms with Crippen molar-refractivity contribution in [3.05, 3.63) is 65.2 Å². The van der Waals surface area contributed by atoms with Gasteiger partial charge in [-0.05, 0) is 31.2 Å². The maximum atomic E-state index is 5.53. The lowest BCUT2D eigenvalue weighted by Gasteiger charge is -2.27. The van der Waals surface area contributed by atoms with Crippen molar-refractivity contribution in [2.75, 3.05) is 38.3 Å². The second kappa shape index (κ2) is 9.94. The minimum Gasteiger partial charge on any atom is -0.497 e. The van der Waals surface area contributed by atoms with Crippen LogP contribution in [0.2, 0.25) is 0 Å². The Labute approximate surface area is 201 Å². The molecule has 1 fully saturated rings. The van der Waals surface area contributed by atoms with E-state index in [0.29, 0.717) is 19.0 Å². The number of ether oxygens (including phenoxy) is 2. The minimum atomic E-state index is 0.703. The Morgan fingerprint density at radius 2 is 1.91 bits per heavy atom. The van der Waals surface area contributed by atoms with Crippen molar-refractivity contribution in [2.45, 2.75) is 17.8 Å². The van der Waals surface area contributed by atoms with Crippen LogP contribution in [0.25, 0.3) is 16.3 Å². The smallest absolute Gasteiger partial charge is 0.232 e. The topological polar surface area (TPSA) is 65.3 Å². The van der Waals surface area contributed by atoms with Crippen molar-refractivity contribution in [3.8, 4) is 22.0 Å². The van der Waals surface area contributed by atoms with Gasteiger partial charge in [-0.2, -0.15) is 0 Å². The Hall–Kier alpha value is -2.88. The molecule has 7 nitrogen and oxygen atoms in total. The van der Waals surface area contributed by atoms with Gasteiger partial charge in [-0.25, -0.2) is 4.98 Å². The van der Waals surface area contributed by atoms with Crippen LogP contribution in [0.15, 0.2) is 59.1 Å². The number of hydrogen-bond donors (Lipinski definition) is 0. The molecule has 170 valence electrons. The van der Waals surface area contributed by atoms with Crippen LogP contribution >= 0.6 is 23.1 Å². The monoisotopic (exact) mass is 479 g/mol. The van der Waals surface area contributed by atoms with Crippen molar-refractivity contribution in [3.63, 3.8) is 0 Å². The van der Waals surface area contributed by atoms with Gasteiger partial charge in [0.25, 0.3) is 0 Å². The molecule has 2 aromatic heterocycles. The molecule has 0 radical (unpaired) electrons. The lowest BCUT2D eigenvalue weighted by molar-refractivity contribution is 0.122. The number of nitrogens with zero attached hydrogens (tertiary/aromatic N) is 5. The van der Waals surface area contributed by atoms with Gasteiger partial charge in [-0.15, -0.1) is 21.5 Å². The predicted molar refractivity (Wildman–Crippen MR) is 133 cm³/mol. The number of hydrogen-bond acceptors (Lipinski definition) is 8. The molecule has 1 aliphatic heterocycles. The average molecular weight is 480 g/mol. The number of morpholine rings is 1. The molecule has 0 amide bonds. The molecule has 1 aliphatic rings. The van der Waals surface area contributed by atoms with Crippen molar-refractivity contribution < 1.29 is 9.47 Å². The zero-order chi connectivity index (χ0) is 22.6. The van der Waals surface area contributed by atoms with E-state index in [-0.39, 0.29) is 0 Å². The van der Waals surface area contributed by atoms with Crippen LogP contribution in [0, 0.1) is 6.92 Å². The molecule has 1 saturated heterocycles. The maximum Gasteiger partial charge on any atom is 0.232 e. The van der Waals surface area contributed by atoms with E-state index >= 15 is 0 Å². The maximum absolute atomic E-state index is 5.53. The molecule has 0 spiro atoms. The first-order valence-corrected chi connectivity index (χ1v) is 12.6. The Kier molecular flexibility index (Phi) is 6.61. The summed E-state index contributed by atoms with van der Waals surface area (Å²) in [6.45, 7) is 5.12. The molecule has 0 N–H and O–H groups in total. The highest BCUT2D eigenvalue weighted by Crippen LogP contribution is 2.32. The largest absolute Gasteiger partial charge is 0.497 e. The van der Waals surface area contributed by atoms with Gasteiger partial charge in [0.05, 0.1) is 31.7 Å². The summed E-state index contributed by atoms with van der Waals surface area (Å²) >= 11 is 3.29. The quantitative estimate of drug-likeness (QED) is 0.352. The third-order valence-corrected chi connectivity index (χ3v) is 7.32. The summed E-state index contributed by atoms with van der Waals surface area (Å²) in [4.78, 5) is 7.08. The van der Waals surface area contributed by atoms with E-state index in [0.717, 1.165) is 51.9 Å². The molecule has 0 bridgehead atoms. The zero-order valence-electron chi connectivity index (χ0n) is 18.6. The van der Waals surface area contributed by atoms with Gasteiger partial charge >= 0.3 is 0 Å². The van der Waals surface area contributed by atoms with Gasteiger partial charge in [0, 0.05) is 29.8 Å². The number of rotatable bonds is 7. The minimum absolute atomic E-state index is 0.703. The van der Waals surface area contributed by atoms with E-state index in [1.165, 1.54) is 5.56 Å². The Bertz CT molecular complexity index is 1220. The third-order valence-electron chi connectivity index (χ3n) is 5.42. The molecular formula is C24H25N5O2S2. The molecule has 3 heterocycles. The third kappa shape index (κ3) is 4.90. The second-order valence-corrected chi connectivity index (χ2v) is 9.52. The van der Waals surface area contributed by atoms with E-state index in [2.05, 4.69) is 62.3 Å². The molecule has 4 aromatic rings. The Balaban J connectivity index is 1.39. The van der Waals surface area contributed by atoms with Crippen LogP contribution in [0.5, 0.6) is 5.75 Å². The molecule has 5 rings (SSSR count). The molecular weight excluding hydrogens is 454 g/mol. The van der Waals surface area contributed by atoms with E-state index in [9.17, 15) is 0 Å². The van der Waals surface area contributed by atoms with Gasteiger partial charge < -0.3 is 14.4 Å². The summed E-state index contributed by atoms with van der Waals surface area (Å²) in [5, 5.41) is 13.0. The fourth-order valence-corrected chi connectivity index (χ4v) is 5.41. The summed E-state index contributed by atoms with van der Waals surface area (Å²) in [6, 6.07) is 16.5. The van der Waals surface area contributed by atoms with Gasteiger partial charge in [-0.1, -0.05) is 41.6 Å². The lowest BCUT2D eigenvalue weighted by Crippen LogP contribution is -2.37. The second-order valence-electron chi connectivity index (χ2n) is 7.72. The molecule has 0 saturated carbocycles. The van der Waals surface area contributed by atoms with E-state index in [1.54, 1.807) is 30.2 Å². The summed E-state index contributed by atoms with van der Waals surface area (Å²) in [7, 11) is 1.68. The van der Waals surface area contributed by atoms with Gasteiger partial charge in [-0.3, -0.25) is 4.57 Å². The van der Waals surface area contributed by atoms with Crippen molar-refractivity contribution in [1.29, 1.82) is 0 Å². The Morgan fingerprint density at radius 3 is 2.70 bits per heavy atom. The first kappa shape index (κ1) is 21.9. The highest BCUT2D eigenvalue weighted by atomic mass is 32.2. The molecule has 0 atom stereocenters. The average Bonchev–Trinajstić information content (AvgIpc) is 3.51. The number of thiazole rings is 1. The van der Waals surface area contributed by atoms with Crippen LogP contribution < -0.4 is 9.64 Å². The van der Waals surface area contributed by atoms with Crippen LogP contribution in [-0.2, 0) is 10.5 Å². The number of methoxy groups -OCH3 is 1. The lowest BCUT2D eigenvalue weighted by atomic mass is 10.2. The summed E-state index contributed by atoms with van der Waals surface area (Å²) in [5.41, 5.74) is 4.37. The number of aromatic nitrogens is 4. The molecule has 0 unspecified atom stereocenters. The van der Waals surface area contributed by atoms with Gasteiger partial charge in [0.1, 0.15) is 10.8 Å². The number of thioether (sulfide) groups is 1. The predicted octanol–water partition coefficient (Wildman–Crippen LogP) is 4.84. The van der Waals surface area contributed by atoms with Crippen LogP contribution in [0.4, 0.5) is 5.95 Å². The zero-order valence-corrected chi connectivity index (χ0v) is 20.2. The number of aryl methyl sites for hydroxylation is 1. The molecule has 0 aliphatic carbocycles. The summed E-state index contributed by atoms with van der Waals surface area (Å²) in [6.07, 6.45) is 0. The van der Waals surface area contributed by atoms with Crippen molar-refractivity contribution >= 4 is 29.0 Å². The first-order chi connectivity index (χ1) is 16.2.